The number of rotatable bonds is 6. The Labute approximate surface area is 84.2 Å². The van der Waals surface area contributed by atoms with Gasteiger partial charge in [-0.15, -0.1) is 34.8 Å². The standard InChI is InChI=1S/C8H15Cl3/c1-2-3-4-5-6-7(9)8(10)11/h7-8H,2-6H2,1H3. The molecule has 0 aromatic heterocycles. The monoisotopic (exact) mass is 216 g/mol. The van der Waals surface area contributed by atoms with Crippen molar-refractivity contribution >= 4 is 34.8 Å². The number of unbranched alkanes of at least 4 members (excludes halogenated alkanes) is 3. The van der Waals surface area contributed by atoms with Gasteiger partial charge in [0.1, 0.15) is 4.84 Å². The normalized spacial score (nSPS) is 13.9. The molecule has 0 aliphatic rings. The molecule has 0 heterocycles. The Kier molecular flexibility index (Phi) is 8.11. The molecule has 0 aliphatic heterocycles. The second kappa shape index (κ2) is 7.52. The van der Waals surface area contributed by atoms with Gasteiger partial charge in [-0.1, -0.05) is 32.6 Å². The van der Waals surface area contributed by atoms with E-state index in [1.165, 1.54) is 19.3 Å². The summed E-state index contributed by atoms with van der Waals surface area (Å²) in [5.74, 6) is 0. The van der Waals surface area contributed by atoms with Gasteiger partial charge in [0.15, 0.2) is 0 Å². The summed E-state index contributed by atoms with van der Waals surface area (Å²) in [6.45, 7) is 2.18. The molecule has 0 amide bonds. The molecule has 68 valence electrons. The molecule has 0 saturated carbocycles. The number of alkyl halides is 3. The van der Waals surface area contributed by atoms with Gasteiger partial charge in [-0.05, 0) is 6.42 Å². The summed E-state index contributed by atoms with van der Waals surface area (Å²) in [6, 6.07) is 0. The summed E-state index contributed by atoms with van der Waals surface area (Å²) < 4.78 is 0. The zero-order valence-corrected chi connectivity index (χ0v) is 9.09. The van der Waals surface area contributed by atoms with Crippen molar-refractivity contribution in [1.82, 2.24) is 0 Å². The Morgan fingerprint density at radius 1 is 1.00 bits per heavy atom. The summed E-state index contributed by atoms with van der Waals surface area (Å²) in [6.07, 6.45) is 5.83. The summed E-state index contributed by atoms with van der Waals surface area (Å²) in [4.78, 5) is -0.418. The number of hydrogen-bond acceptors (Lipinski definition) is 0. The highest BCUT2D eigenvalue weighted by atomic mass is 35.5. The summed E-state index contributed by atoms with van der Waals surface area (Å²) in [5, 5.41) is -0.0739. The number of halogens is 3. The first-order valence-electron chi connectivity index (χ1n) is 4.10. The Morgan fingerprint density at radius 2 is 1.64 bits per heavy atom. The van der Waals surface area contributed by atoms with Crippen molar-refractivity contribution in [2.24, 2.45) is 0 Å². The van der Waals surface area contributed by atoms with E-state index in [1.54, 1.807) is 0 Å². The quantitative estimate of drug-likeness (QED) is 0.458. The topological polar surface area (TPSA) is 0 Å². The fourth-order valence-corrected chi connectivity index (χ4v) is 1.30. The van der Waals surface area contributed by atoms with Gasteiger partial charge in [0, 0.05) is 0 Å². The lowest BCUT2D eigenvalue weighted by molar-refractivity contribution is 0.624. The lowest BCUT2D eigenvalue weighted by Gasteiger charge is -2.08. The van der Waals surface area contributed by atoms with Gasteiger partial charge in [-0.2, -0.15) is 0 Å². The van der Waals surface area contributed by atoms with Gasteiger partial charge in [-0.3, -0.25) is 0 Å². The zero-order chi connectivity index (χ0) is 8.69. The van der Waals surface area contributed by atoms with Crippen LogP contribution in [0.5, 0.6) is 0 Å². The average Bonchev–Trinajstić information content (AvgIpc) is 1.97. The van der Waals surface area contributed by atoms with E-state index in [-0.39, 0.29) is 5.38 Å². The van der Waals surface area contributed by atoms with E-state index in [4.69, 9.17) is 34.8 Å². The predicted octanol–water partition coefficient (Wildman–Crippen LogP) is 4.37. The van der Waals surface area contributed by atoms with Crippen molar-refractivity contribution in [1.29, 1.82) is 0 Å². The van der Waals surface area contributed by atoms with Crippen LogP contribution in [0.15, 0.2) is 0 Å². The third-order valence-corrected chi connectivity index (χ3v) is 2.94. The van der Waals surface area contributed by atoms with E-state index < -0.39 is 4.84 Å². The maximum Gasteiger partial charge on any atom is 0.124 e. The molecule has 3 heteroatoms. The van der Waals surface area contributed by atoms with E-state index in [0.29, 0.717) is 0 Å². The molecule has 0 aromatic rings. The van der Waals surface area contributed by atoms with Crippen LogP contribution in [-0.2, 0) is 0 Å². The molecule has 1 atom stereocenters. The van der Waals surface area contributed by atoms with E-state index in [1.807, 2.05) is 0 Å². The van der Waals surface area contributed by atoms with Crippen LogP contribution >= 0.6 is 34.8 Å². The molecule has 0 rings (SSSR count). The van der Waals surface area contributed by atoms with Crippen LogP contribution in [-0.4, -0.2) is 10.2 Å². The van der Waals surface area contributed by atoms with E-state index >= 15 is 0 Å². The maximum absolute atomic E-state index is 5.83. The largest absolute Gasteiger partial charge is 0.124 e. The summed E-state index contributed by atoms with van der Waals surface area (Å²) in [7, 11) is 0. The van der Waals surface area contributed by atoms with Crippen molar-refractivity contribution in [2.75, 3.05) is 0 Å². The van der Waals surface area contributed by atoms with Crippen LogP contribution in [0.2, 0.25) is 0 Å². The molecule has 0 aliphatic carbocycles. The molecule has 11 heavy (non-hydrogen) atoms. The van der Waals surface area contributed by atoms with Crippen LogP contribution in [0, 0.1) is 0 Å². The van der Waals surface area contributed by atoms with Crippen LogP contribution in [0.3, 0.4) is 0 Å². The van der Waals surface area contributed by atoms with E-state index in [0.717, 1.165) is 12.8 Å². The molecule has 0 nitrogen and oxygen atoms in total. The van der Waals surface area contributed by atoms with Crippen molar-refractivity contribution < 1.29 is 0 Å². The van der Waals surface area contributed by atoms with Crippen LogP contribution in [0.25, 0.3) is 0 Å². The SMILES string of the molecule is CCCCCCC(Cl)C(Cl)Cl. The zero-order valence-electron chi connectivity index (χ0n) is 6.82. The predicted molar refractivity (Wildman–Crippen MR) is 53.9 cm³/mol. The van der Waals surface area contributed by atoms with Crippen molar-refractivity contribution in [3.05, 3.63) is 0 Å². The van der Waals surface area contributed by atoms with Crippen molar-refractivity contribution in [3.8, 4) is 0 Å². The van der Waals surface area contributed by atoms with E-state index in [2.05, 4.69) is 6.92 Å². The van der Waals surface area contributed by atoms with Crippen LogP contribution in [0.4, 0.5) is 0 Å². The fourth-order valence-electron chi connectivity index (χ4n) is 0.892. The fraction of sp³-hybridized carbons (Fsp3) is 1.00. The molecular formula is C8H15Cl3. The smallest absolute Gasteiger partial charge is 0.120 e. The second-order valence-electron chi connectivity index (χ2n) is 2.70. The molecule has 0 bridgehead atoms. The average molecular weight is 218 g/mol. The first kappa shape index (κ1) is 11.9. The molecule has 0 spiro atoms. The van der Waals surface area contributed by atoms with Gasteiger partial charge >= 0.3 is 0 Å². The highest BCUT2D eigenvalue weighted by Gasteiger charge is 2.11. The summed E-state index contributed by atoms with van der Waals surface area (Å²) >= 11 is 17.0. The molecule has 0 radical (unpaired) electrons. The third kappa shape index (κ3) is 7.24. The minimum absolute atomic E-state index is 0.0739. The molecular weight excluding hydrogens is 202 g/mol. The van der Waals surface area contributed by atoms with Crippen LogP contribution in [0.1, 0.15) is 39.0 Å². The van der Waals surface area contributed by atoms with Gasteiger partial charge in [0.25, 0.3) is 0 Å². The Morgan fingerprint density at radius 3 is 2.09 bits per heavy atom. The maximum atomic E-state index is 5.83. The van der Waals surface area contributed by atoms with Crippen molar-refractivity contribution in [3.63, 3.8) is 0 Å². The Hall–Kier alpha value is 0.870. The van der Waals surface area contributed by atoms with Gasteiger partial charge in [0.2, 0.25) is 0 Å². The third-order valence-electron chi connectivity index (χ3n) is 1.61. The minimum Gasteiger partial charge on any atom is -0.120 e. The van der Waals surface area contributed by atoms with Crippen molar-refractivity contribution in [2.45, 2.75) is 49.2 Å². The molecule has 0 saturated heterocycles. The highest BCUT2D eigenvalue weighted by molar-refractivity contribution is 6.48. The van der Waals surface area contributed by atoms with Gasteiger partial charge in [0.05, 0.1) is 5.38 Å². The van der Waals surface area contributed by atoms with Gasteiger partial charge < -0.3 is 0 Å². The lowest BCUT2D eigenvalue weighted by atomic mass is 10.1. The minimum atomic E-state index is -0.418. The molecule has 0 fully saturated rings. The lowest BCUT2D eigenvalue weighted by Crippen LogP contribution is -2.07. The highest BCUT2D eigenvalue weighted by Crippen LogP contribution is 2.20. The first-order chi connectivity index (χ1) is 5.18. The number of hydrogen-bond donors (Lipinski definition) is 0. The van der Waals surface area contributed by atoms with Gasteiger partial charge in [-0.25, -0.2) is 0 Å². The molecule has 1 unspecified atom stereocenters. The van der Waals surface area contributed by atoms with Crippen LogP contribution < -0.4 is 0 Å². The second-order valence-corrected chi connectivity index (χ2v) is 4.42. The first-order valence-corrected chi connectivity index (χ1v) is 5.41. The Balaban J connectivity index is 3.10. The van der Waals surface area contributed by atoms with E-state index in [9.17, 15) is 0 Å². The molecule has 0 aromatic carbocycles. The molecule has 0 N–H and O–H groups in total. The summed E-state index contributed by atoms with van der Waals surface area (Å²) in [5.41, 5.74) is 0. The Bertz CT molecular complexity index is 83.4.